The van der Waals surface area contributed by atoms with Crippen LogP contribution < -0.4 is 10.2 Å². The second kappa shape index (κ2) is 5.12. The Kier molecular flexibility index (Phi) is 3.73. The first-order valence-electron chi connectivity index (χ1n) is 6.84. The number of nitrogens with zero attached hydrogens (tertiary/aromatic N) is 3. The number of aromatic nitrogens is 2. The molecule has 1 aliphatic heterocycles. The van der Waals surface area contributed by atoms with Crippen LogP contribution in [0.2, 0.25) is 0 Å². The van der Waals surface area contributed by atoms with Crippen molar-refractivity contribution in [2.24, 2.45) is 5.41 Å². The van der Waals surface area contributed by atoms with Gasteiger partial charge in [-0.15, -0.1) is 0 Å². The highest BCUT2D eigenvalue weighted by atomic mass is 15.2. The van der Waals surface area contributed by atoms with E-state index in [9.17, 15) is 0 Å². The molecule has 4 heteroatoms. The zero-order valence-corrected chi connectivity index (χ0v) is 12.0. The topological polar surface area (TPSA) is 41.1 Å². The normalized spacial score (nSPS) is 18.8. The molecule has 1 N–H and O–H groups in total. The minimum absolute atomic E-state index is 0.517. The Bertz CT molecular complexity index is 408. The molecule has 2 heterocycles. The van der Waals surface area contributed by atoms with Crippen LogP contribution in [0.15, 0.2) is 6.33 Å². The first kappa shape index (κ1) is 13.1. The van der Waals surface area contributed by atoms with Crippen LogP contribution in [0.4, 0.5) is 11.6 Å². The van der Waals surface area contributed by atoms with Crippen molar-refractivity contribution in [2.75, 3.05) is 30.4 Å². The Balaban J connectivity index is 2.15. The highest BCUT2D eigenvalue weighted by molar-refractivity contribution is 5.57. The van der Waals surface area contributed by atoms with Gasteiger partial charge in [-0.1, -0.05) is 20.3 Å². The van der Waals surface area contributed by atoms with E-state index in [1.54, 1.807) is 6.33 Å². The molecule has 0 amide bonds. The van der Waals surface area contributed by atoms with Crippen molar-refractivity contribution in [1.82, 2.24) is 9.97 Å². The van der Waals surface area contributed by atoms with Gasteiger partial charge in [-0.2, -0.15) is 0 Å². The number of rotatable bonds is 3. The summed E-state index contributed by atoms with van der Waals surface area (Å²) < 4.78 is 0. The van der Waals surface area contributed by atoms with Gasteiger partial charge >= 0.3 is 0 Å². The maximum Gasteiger partial charge on any atom is 0.137 e. The Morgan fingerprint density at radius 3 is 2.56 bits per heavy atom. The Labute approximate surface area is 110 Å². The van der Waals surface area contributed by atoms with E-state index < -0.39 is 0 Å². The van der Waals surface area contributed by atoms with E-state index in [-0.39, 0.29) is 0 Å². The van der Waals surface area contributed by atoms with Gasteiger partial charge in [-0.05, 0) is 25.2 Å². The van der Waals surface area contributed by atoms with E-state index in [2.05, 4.69) is 41.0 Å². The van der Waals surface area contributed by atoms with Crippen LogP contribution in [-0.2, 0) is 0 Å². The van der Waals surface area contributed by atoms with Gasteiger partial charge in [-0.25, -0.2) is 9.97 Å². The lowest BCUT2D eigenvalue weighted by atomic mass is 9.78. The summed E-state index contributed by atoms with van der Waals surface area (Å²) in [6.07, 6.45) is 5.43. The third kappa shape index (κ3) is 2.42. The molecule has 1 aromatic heterocycles. The molecule has 100 valence electrons. The van der Waals surface area contributed by atoms with E-state index in [1.165, 1.54) is 19.3 Å². The second-order valence-corrected chi connectivity index (χ2v) is 5.57. The van der Waals surface area contributed by atoms with Crippen LogP contribution in [0.5, 0.6) is 0 Å². The number of nitrogens with one attached hydrogen (secondary N) is 1. The molecule has 4 nitrogen and oxygen atoms in total. The molecule has 0 unspecified atom stereocenters. The first-order chi connectivity index (χ1) is 8.59. The average molecular weight is 248 g/mol. The SMILES string of the molecule is CCC1(C)CCN(c2ncnc(NC)c2C)CC1. The van der Waals surface area contributed by atoms with Crippen LogP contribution in [0.3, 0.4) is 0 Å². The predicted molar refractivity (Wildman–Crippen MR) is 76.2 cm³/mol. The molecule has 1 aliphatic rings. The summed E-state index contributed by atoms with van der Waals surface area (Å²) in [5.74, 6) is 2.02. The van der Waals surface area contributed by atoms with Gasteiger partial charge in [0.05, 0.1) is 0 Å². The van der Waals surface area contributed by atoms with Crippen molar-refractivity contribution in [2.45, 2.75) is 40.0 Å². The molecule has 1 fully saturated rings. The van der Waals surface area contributed by atoms with Gasteiger partial charge in [0, 0.05) is 25.7 Å². The Hall–Kier alpha value is -1.32. The van der Waals surface area contributed by atoms with Crippen LogP contribution >= 0.6 is 0 Å². The monoisotopic (exact) mass is 248 g/mol. The summed E-state index contributed by atoms with van der Waals surface area (Å²) in [6.45, 7) is 8.99. The Morgan fingerprint density at radius 1 is 1.33 bits per heavy atom. The van der Waals surface area contributed by atoms with Gasteiger partial charge in [0.25, 0.3) is 0 Å². The standard InChI is InChI=1S/C14H24N4/c1-5-14(3)6-8-18(9-7-14)13-11(2)12(15-4)16-10-17-13/h10H,5-9H2,1-4H3,(H,15,16,17). The van der Waals surface area contributed by atoms with E-state index in [0.717, 1.165) is 30.3 Å². The van der Waals surface area contributed by atoms with Crippen LogP contribution in [-0.4, -0.2) is 30.1 Å². The fourth-order valence-corrected chi connectivity index (χ4v) is 2.62. The second-order valence-electron chi connectivity index (χ2n) is 5.57. The van der Waals surface area contributed by atoms with E-state index in [0.29, 0.717) is 5.41 Å². The lowest BCUT2D eigenvalue weighted by Gasteiger charge is -2.39. The van der Waals surface area contributed by atoms with E-state index in [4.69, 9.17) is 0 Å². The zero-order valence-electron chi connectivity index (χ0n) is 12.0. The zero-order chi connectivity index (χ0) is 13.2. The van der Waals surface area contributed by atoms with Gasteiger partial charge in [0.15, 0.2) is 0 Å². The molecule has 0 atom stereocenters. The van der Waals surface area contributed by atoms with Gasteiger partial charge in [0.2, 0.25) is 0 Å². The van der Waals surface area contributed by atoms with Crippen LogP contribution in [0, 0.1) is 12.3 Å². The highest BCUT2D eigenvalue weighted by Gasteiger charge is 2.29. The first-order valence-corrected chi connectivity index (χ1v) is 6.84. The van der Waals surface area contributed by atoms with Crippen LogP contribution in [0.25, 0.3) is 0 Å². The number of anilines is 2. The molecular formula is C14H24N4. The minimum atomic E-state index is 0.517. The fourth-order valence-electron chi connectivity index (χ4n) is 2.62. The molecule has 1 aromatic rings. The van der Waals surface area contributed by atoms with Crippen LogP contribution in [0.1, 0.15) is 38.7 Å². The smallest absolute Gasteiger partial charge is 0.137 e. The molecule has 0 radical (unpaired) electrons. The average Bonchev–Trinajstić information content (AvgIpc) is 2.40. The summed E-state index contributed by atoms with van der Waals surface area (Å²) in [5.41, 5.74) is 1.67. The van der Waals surface area contributed by atoms with Crippen molar-refractivity contribution >= 4 is 11.6 Å². The summed E-state index contributed by atoms with van der Waals surface area (Å²) in [6, 6.07) is 0. The molecule has 18 heavy (non-hydrogen) atoms. The van der Waals surface area contributed by atoms with Crippen molar-refractivity contribution in [3.05, 3.63) is 11.9 Å². The summed E-state index contributed by atoms with van der Waals surface area (Å²) in [4.78, 5) is 11.1. The molecule has 2 rings (SSSR count). The molecule has 0 saturated carbocycles. The molecular weight excluding hydrogens is 224 g/mol. The number of hydrogen-bond acceptors (Lipinski definition) is 4. The maximum atomic E-state index is 4.46. The largest absolute Gasteiger partial charge is 0.373 e. The lowest BCUT2D eigenvalue weighted by molar-refractivity contribution is 0.237. The summed E-state index contributed by atoms with van der Waals surface area (Å²) in [5, 5.41) is 3.12. The van der Waals surface area contributed by atoms with E-state index >= 15 is 0 Å². The third-order valence-electron chi connectivity index (χ3n) is 4.42. The molecule has 1 saturated heterocycles. The molecule has 0 bridgehead atoms. The molecule has 0 aliphatic carbocycles. The highest BCUT2D eigenvalue weighted by Crippen LogP contribution is 2.36. The third-order valence-corrected chi connectivity index (χ3v) is 4.42. The number of hydrogen-bond donors (Lipinski definition) is 1. The maximum absolute atomic E-state index is 4.46. The molecule has 0 spiro atoms. The molecule has 0 aromatic carbocycles. The summed E-state index contributed by atoms with van der Waals surface area (Å²) in [7, 11) is 1.91. The van der Waals surface area contributed by atoms with Gasteiger partial charge in [-0.3, -0.25) is 0 Å². The van der Waals surface area contributed by atoms with Crippen molar-refractivity contribution in [3.63, 3.8) is 0 Å². The van der Waals surface area contributed by atoms with E-state index in [1.807, 2.05) is 7.05 Å². The fraction of sp³-hybridized carbons (Fsp3) is 0.714. The van der Waals surface area contributed by atoms with Crippen molar-refractivity contribution in [1.29, 1.82) is 0 Å². The minimum Gasteiger partial charge on any atom is -0.373 e. The number of piperidine rings is 1. The predicted octanol–water partition coefficient (Wildman–Crippen LogP) is 2.84. The van der Waals surface area contributed by atoms with Gasteiger partial charge in [0.1, 0.15) is 18.0 Å². The van der Waals surface area contributed by atoms with Crippen molar-refractivity contribution in [3.8, 4) is 0 Å². The Morgan fingerprint density at radius 2 is 2.00 bits per heavy atom. The quantitative estimate of drug-likeness (QED) is 0.893. The summed E-state index contributed by atoms with van der Waals surface area (Å²) >= 11 is 0. The lowest BCUT2D eigenvalue weighted by Crippen LogP contribution is -2.39. The van der Waals surface area contributed by atoms with Gasteiger partial charge < -0.3 is 10.2 Å². The van der Waals surface area contributed by atoms with Crippen molar-refractivity contribution < 1.29 is 0 Å².